The van der Waals surface area contributed by atoms with Crippen molar-refractivity contribution in [1.82, 2.24) is 0 Å². The molecule has 0 bridgehead atoms. The first-order chi connectivity index (χ1) is 1.00. The van der Waals surface area contributed by atoms with Gasteiger partial charge in [-0.1, -0.05) is 0 Å². The van der Waals surface area contributed by atoms with Gasteiger partial charge < -0.3 is 11.8 Å². The topological polar surface area (TPSA) is 23.8 Å². The van der Waals surface area contributed by atoms with Crippen LogP contribution in [0.1, 0.15) is 0 Å². The summed E-state index contributed by atoms with van der Waals surface area (Å²) in [5, 5.41) is 6.25. The maximum atomic E-state index is 6.25. The number of hydrogen-bond donors (Lipinski definition) is 0. The summed E-state index contributed by atoms with van der Waals surface area (Å²) in [6.45, 7) is 4.75. The van der Waals surface area contributed by atoms with E-state index in [2.05, 4.69) is 0 Å². The molecule has 0 aromatic heterocycles. The summed E-state index contributed by atoms with van der Waals surface area (Å²) in [7, 11) is 0. The molecule has 20 valence electrons. The Morgan fingerprint density at radius 3 is 1.25 bits per heavy atom. The van der Waals surface area contributed by atoms with Gasteiger partial charge in [-0.05, 0) is 0 Å². The molecule has 2 radical (unpaired) electrons. The van der Waals surface area contributed by atoms with Crippen molar-refractivity contribution in [2.45, 2.75) is 0 Å². The van der Waals surface area contributed by atoms with Gasteiger partial charge in [-0.2, -0.15) is 0 Å². The Kier molecular flexibility index (Phi) is 242. The average Bonchev–Trinajstić information content (AvgIpc) is 1.00. The molecule has 3 heteroatoms. The van der Waals surface area contributed by atoms with Crippen molar-refractivity contribution in [3.63, 3.8) is 0 Å². The summed E-state index contributed by atoms with van der Waals surface area (Å²) in [6, 6.07) is 0. The summed E-state index contributed by atoms with van der Waals surface area (Å²) < 4.78 is 0. The van der Waals surface area contributed by atoms with Gasteiger partial charge in [-0.25, -0.2) is 0 Å². The van der Waals surface area contributed by atoms with Gasteiger partial charge in [0.2, 0.25) is 0 Å². The van der Waals surface area contributed by atoms with Crippen molar-refractivity contribution in [2.75, 3.05) is 0 Å². The maximum absolute atomic E-state index is 6.25. The zero-order chi connectivity index (χ0) is 2.00. The number of nitrogens with zero attached hydrogens (tertiary/aromatic N) is 1. The molecule has 0 N–H and O–H groups in total. The molecule has 0 saturated carbocycles. The summed E-state index contributed by atoms with van der Waals surface area (Å²) >= 11 is 0. The van der Waals surface area contributed by atoms with Crippen LogP contribution in [0.5, 0.6) is 0 Å². The van der Waals surface area contributed by atoms with E-state index in [4.69, 9.17) is 11.8 Å². The molecular weight excluding hydrogens is 170 g/mol. The number of rotatable bonds is 0. The van der Waals surface area contributed by atoms with Gasteiger partial charge in [-0.15, -0.1) is 0 Å². The first-order valence-corrected chi connectivity index (χ1v) is 0.224. The Morgan fingerprint density at radius 2 is 1.25 bits per heavy atom. The maximum Gasteiger partial charge on any atom is 0 e. The van der Waals surface area contributed by atoms with Crippen LogP contribution in [0.3, 0.4) is 0 Å². The molecule has 0 amide bonds. The van der Waals surface area contributed by atoms with Crippen LogP contribution in [0.25, 0.3) is 0 Å². The molecule has 0 aliphatic rings. The van der Waals surface area contributed by atoms with Crippen LogP contribution in [-0.2, 0) is 40.9 Å². The van der Waals surface area contributed by atoms with Gasteiger partial charge >= 0.3 is 0 Å². The standard InChI is InChI=1S/CN.Nb.V/c1-2;;/q-1;;. The SMILES string of the molecule is [C-]#N.[Nb].[V]. The minimum atomic E-state index is 0. The molecule has 0 aromatic carbocycles. The van der Waals surface area contributed by atoms with E-state index in [0.29, 0.717) is 0 Å². The van der Waals surface area contributed by atoms with Crippen LogP contribution in [-0.4, -0.2) is 0 Å². The third-order valence-corrected chi connectivity index (χ3v) is 0. The number of hydrogen-bond acceptors (Lipinski definition) is 1. The molecule has 0 fully saturated rings. The van der Waals surface area contributed by atoms with E-state index >= 15 is 0 Å². The fourth-order valence-electron chi connectivity index (χ4n) is 0. The van der Waals surface area contributed by atoms with Crippen LogP contribution < -0.4 is 0 Å². The zero-order valence-electron chi connectivity index (χ0n) is 1.84. The molecule has 0 heterocycles. The molecular formula is CNNbV-. The summed E-state index contributed by atoms with van der Waals surface area (Å²) in [5.74, 6) is 0. The van der Waals surface area contributed by atoms with Crippen LogP contribution >= 0.6 is 0 Å². The van der Waals surface area contributed by atoms with Crippen LogP contribution in [0.2, 0.25) is 0 Å². The van der Waals surface area contributed by atoms with E-state index < -0.39 is 0 Å². The van der Waals surface area contributed by atoms with Crippen LogP contribution in [0.4, 0.5) is 0 Å². The van der Waals surface area contributed by atoms with E-state index in [-0.39, 0.29) is 40.9 Å². The third kappa shape index (κ3) is 14.0. The van der Waals surface area contributed by atoms with Crippen LogP contribution in [0, 0.1) is 11.8 Å². The van der Waals surface area contributed by atoms with Crippen molar-refractivity contribution in [3.8, 4) is 0 Å². The first kappa shape index (κ1) is 21.3. The predicted octanol–water partition coefficient (Wildman–Crippen LogP) is 0.0914. The zero-order valence-corrected chi connectivity index (χ0v) is 5.44. The molecule has 0 unspecified atom stereocenters. The van der Waals surface area contributed by atoms with Gasteiger partial charge in [0.15, 0.2) is 0 Å². The monoisotopic (exact) mass is 170 g/mol. The predicted molar refractivity (Wildman–Crippen MR) is 4.97 cm³/mol. The quantitative estimate of drug-likeness (QED) is 0.373. The normalized spacial score (nSPS) is 0.500. The van der Waals surface area contributed by atoms with Gasteiger partial charge in [-0.3, -0.25) is 0 Å². The Labute approximate surface area is 52.8 Å². The smallest absolute Gasteiger partial charge is 0 e. The average molecular weight is 170 g/mol. The second kappa shape index (κ2) is 45.5. The second-order valence-corrected chi connectivity index (χ2v) is 0. The largest absolute Gasteiger partial charge is 0.512 e. The Balaban J connectivity index is -0.00000000500. The van der Waals surface area contributed by atoms with Gasteiger partial charge in [0.25, 0.3) is 0 Å². The summed E-state index contributed by atoms with van der Waals surface area (Å²) in [4.78, 5) is 0. The molecule has 0 saturated heterocycles. The Hall–Kier alpha value is 0.815. The minimum Gasteiger partial charge on any atom is -0.512 e. The van der Waals surface area contributed by atoms with Gasteiger partial charge in [0.1, 0.15) is 0 Å². The van der Waals surface area contributed by atoms with Crippen molar-refractivity contribution >= 4 is 0 Å². The molecule has 0 rings (SSSR count). The van der Waals surface area contributed by atoms with Crippen molar-refractivity contribution in [2.24, 2.45) is 0 Å². The fourth-order valence-corrected chi connectivity index (χ4v) is 0. The molecule has 1 nitrogen and oxygen atoms in total. The molecule has 0 atom stereocenters. The molecule has 0 aromatic rings. The van der Waals surface area contributed by atoms with E-state index in [1.807, 2.05) is 0 Å². The Morgan fingerprint density at radius 1 is 1.25 bits per heavy atom. The molecule has 0 aliphatic carbocycles. The molecule has 0 aliphatic heterocycles. The third-order valence-electron chi connectivity index (χ3n) is 0. The fraction of sp³-hybridized carbons (Fsp3) is 0. The van der Waals surface area contributed by atoms with Gasteiger partial charge in [0, 0.05) is 40.9 Å². The van der Waals surface area contributed by atoms with Gasteiger partial charge in [0.05, 0.1) is 0 Å². The molecule has 0 spiro atoms. The van der Waals surface area contributed by atoms with Crippen molar-refractivity contribution in [3.05, 3.63) is 6.57 Å². The van der Waals surface area contributed by atoms with Crippen LogP contribution in [0.15, 0.2) is 0 Å². The minimum absolute atomic E-state index is 0. The van der Waals surface area contributed by atoms with E-state index in [0.717, 1.165) is 0 Å². The summed E-state index contributed by atoms with van der Waals surface area (Å²) in [5.41, 5.74) is 0. The summed E-state index contributed by atoms with van der Waals surface area (Å²) in [6.07, 6.45) is 0. The van der Waals surface area contributed by atoms with Crippen molar-refractivity contribution in [1.29, 1.82) is 5.26 Å². The van der Waals surface area contributed by atoms with E-state index in [1.54, 1.807) is 0 Å². The second-order valence-electron chi connectivity index (χ2n) is 0. The Bertz CT molecular complexity index is 12.8. The molecule has 4 heavy (non-hydrogen) atoms. The first-order valence-electron chi connectivity index (χ1n) is 0.224. The van der Waals surface area contributed by atoms with E-state index in [1.165, 1.54) is 0 Å². The van der Waals surface area contributed by atoms with E-state index in [9.17, 15) is 0 Å². The van der Waals surface area contributed by atoms with Crippen molar-refractivity contribution < 1.29 is 40.9 Å².